The molecule has 0 N–H and O–H groups in total. The van der Waals surface area contributed by atoms with Gasteiger partial charge in [0.05, 0.1) is 17.0 Å². The minimum Gasteiger partial charge on any atom is -0.426 e. The number of rotatable bonds is 5. The highest BCUT2D eigenvalue weighted by molar-refractivity contribution is 6.32. The number of ether oxygens (including phenoxy) is 1. The zero-order valence-electron chi connectivity index (χ0n) is 15.0. The average Bonchev–Trinajstić information content (AvgIpc) is 2.94. The molecular weight excluding hydrogens is 372 g/mol. The SMILES string of the molecule is Cc1cc2nc(C)c(CCC(=O)Oc3ccc([N+](=O)[O-])c(Cl)c3)c(C)n2n1. The summed E-state index contributed by atoms with van der Waals surface area (Å²) in [6.45, 7) is 5.73. The van der Waals surface area contributed by atoms with Crippen LogP contribution in [-0.4, -0.2) is 25.5 Å². The molecule has 0 aliphatic carbocycles. The molecule has 0 atom stereocenters. The molecule has 0 bridgehead atoms. The molecule has 0 spiro atoms. The second-order valence-electron chi connectivity index (χ2n) is 6.16. The normalized spacial score (nSPS) is 11.0. The molecule has 9 heteroatoms. The van der Waals surface area contributed by atoms with Gasteiger partial charge in [-0.05, 0) is 38.8 Å². The molecule has 0 aliphatic rings. The van der Waals surface area contributed by atoms with Crippen LogP contribution in [0.5, 0.6) is 5.75 Å². The summed E-state index contributed by atoms with van der Waals surface area (Å²) in [5.74, 6) is -0.296. The first kappa shape index (κ1) is 18.8. The minimum atomic E-state index is -0.598. The number of aromatic nitrogens is 3. The number of halogens is 1. The van der Waals surface area contributed by atoms with Gasteiger partial charge in [-0.1, -0.05) is 11.6 Å². The van der Waals surface area contributed by atoms with Crippen molar-refractivity contribution in [1.29, 1.82) is 0 Å². The lowest BCUT2D eigenvalue weighted by Gasteiger charge is -2.11. The van der Waals surface area contributed by atoms with Crippen molar-refractivity contribution in [2.75, 3.05) is 0 Å². The second kappa shape index (κ2) is 7.32. The summed E-state index contributed by atoms with van der Waals surface area (Å²) < 4.78 is 7.00. The third-order valence-electron chi connectivity index (χ3n) is 4.21. The van der Waals surface area contributed by atoms with Gasteiger partial charge in [-0.15, -0.1) is 0 Å². The van der Waals surface area contributed by atoms with Crippen LogP contribution in [0.3, 0.4) is 0 Å². The van der Waals surface area contributed by atoms with Crippen molar-refractivity contribution >= 4 is 28.9 Å². The fourth-order valence-electron chi connectivity index (χ4n) is 2.91. The molecule has 3 rings (SSSR count). The summed E-state index contributed by atoms with van der Waals surface area (Å²) in [7, 11) is 0. The first-order valence-electron chi connectivity index (χ1n) is 8.23. The standard InChI is InChI=1S/C18H17ClN4O4/c1-10-8-17-20-11(2)14(12(3)22(17)21-10)5-7-18(24)27-13-4-6-16(23(25)26)15(19)9-13/h4,6,8-9H,5,7H2,1-3H3. The van der Waals surface area contributed by atoms with E-state index in [1.807, 2.05) is 26.8 Å². The Balaban J connectivity index is 1.72. The number of nitro benzene ring substituents is 1. The maximum Gasteiger partial charge on any atom is 0.311 e. The highest BCUT2D eigenvalue weighted by Gasteiger charge is 2.16. The Kier molecular flexibility index (Phi) is 5.09. The smallest absolute Gasteiger partial charge is 0.311 e. The summed E-state index contributed by atoms with van der Waals surface area (Å²) in [5, 5.41) is 15.1. The maximum atomic E-state index is 12.2. The molecule has 0 fully saturated rings. The first-order valence-corrected chi connectivity index (χ1v) is 8.61. The van der Waals surface area contributed by atoms with E-state index in [0.29, 0.717) is 6.42 Å². The number of esters is 1. The number of fused-ring (bicyclic) bond motifs is 1. The van der Waals surface area contributed by atoms with Crippen LogP contribution in [0.2, 0.25) is 5.02 Å². The van der Waals surface area contributed by atoms with Crippen LogP contribution in [0.1, 0.15) is 29.1 Å². The maximum absolute atomic E-state index is 12.2. The van der Waals surface area contributed by atoms with Crippen LogP contribution >= 0.6 is 11.6 Å². The number of aryl methyl sites for hydroxylation is 3. The summed E-state index contributed by atoms with van der Waals surface area (Å²) in [5.41, 5.74) is 4.11. The highest BCUT2D eigenvalue weighted by atomic mass is 35.5. The molecule has 140 valence electrons. The zero-order chi connectivity index (χ0) is 19.7. The molecule has 0 amide bonds. The lowest BCUT2D eigenvalue weighted by Crippen LogP contribution is -2.12. The fraction of sp³-hybridized carbons (Fsp3) is 0.278. The third-order valence-corrected chi connectivity index (χ3v) is 4.52. The number of hydrogen-bond donors (Lipinski definition) is 0. The average molecular weight is 389 g/mol. The summed E-state index contributed by atoms with van der Waals surface area (Å²) >= 11 is 5.83. The van der Waals surface area contributed by atoms with Crippen LogP contribution < -0.4 is 4.74 Å². The second-order valence-corrected chi connectivity index (χ2v) is 6.57. The van der Waals surface area contributed by atoms with Crippen molar-refractivity contribution in [2.45, 2.75) is 33.6 Å². The van der Waals surface area contributed by atoms with Crippen molar-refractivity contribution in [2.24, 2.45) is 0 Å². The predicted molar refractivity (Wildman–Crippen MR) is 99.3 cm³/mol. The van der Waals surface area contributed by atoms with Crippen molar-refractivity contribution in [3.8, 4) is 5.75 Å². The van der Waals surface area contributed by atoms with E-state index in [4.69, 9.17) is 16.3 Å². The Bertz CT molecular complexity index is 1060. The van der Waals surface area contributed by atoms with Crippen molar-refractivity contribution in [3.63, 3.8) is 0 Å². The van der Waals surface area contributed by atoms with Crippen LogP contribution in [0.25, 0.3) is 5.65 Å². The molecular formula is C18H17ClN4O4. The van der Waals surface area contributed by atoms with Crippen LogP contribution in [0, 0.1) is 30.9 Å². The molecule has 3 aromatic rings. The van der Waals surface area contributed by atoms with E-state index in [0.717, 1.165) is 28.3 Å². The Labute approximate surface area is 159 Å². The Morgan fingerprint density at radius 1 is 1.30 bits per heavy atom. The van der Waals surface area contributed by atoms with Gasteiger partial charge in [0.2, 0.25) is 0 Å². The van der Waals surface area contributed by atoms with Gasteiger partial charge < -0.3 is 4.74 Å². The minimum absolute atomic E-state index is 0.0827. The van der Waals surface area contributed by atoms with Gasteiger partial charge in [-0.2, -0.15) is 5.10 Å². The molecule has 0 saturated carbocycles. The van der Waals surface area contributed by atoms with E-state index in [2.05, 4.69) is 10.1 Å². The molecule has 0 saturated heterocycles. The van der Waals surface area contributed by atoms with Crippen LogP contribution in [-0.2, 0) is 11.2 Å². The number of benzene rings is 1. The van der Waals surface area contributed by atoms with Crippen molar-refractivity contribution in [3.05, 3.63) is 62.0 Å². The summed E-state index contributed by atoms with van der Waals surface area (Å²) in [6.07, 6.45) is 0.572. The molecule has 27 heavy (non-hydrogen) atoms. The largest absolute Gasteiger partial charge is 0.426 e. The van der Waals surface area contributed by atoms with E-state index in [1.54, 1.807) is 4.52 Å². The molecule has 2 aromatic heterocycles. The number of carbonyl (C=O) groups excluding carboxylic acids is 1. The number of nitro groups is 1. The molecule has 0 aliphatic heterocycles. The quantitative estimate of drug-likeness (QED) is 0.285. The number of hydrogen-bond acceptors (Lipinski definition) is 6. The molecule has 8 nitrogen and oxygen atoms in total. The molecule has 0 unspecified atom stereocenters. The van der Waals surface area contributed by atoms with Crippen molar-refractivity contribution in [1.82, 2.24) is 14.6 Å². The Morgan fingerprint density at radius 2 is 2.04 bits per heavy atom. The van der Waals surface area contributed by atoms with Gasteiger partial charge in [0.15, 0.2) is 5.65 Å². The molecule has 1 aromatic carbocycles. The number of carbonyl (C=O) groups is 1. The lowest BCUT2D eigenvalue weighted by molar-refractivity contribution is -0.384. The lowest BCUT2D eigenvalue weighted by atomic mass is 10.1. The fourth-order valence-corrected chi connectivity index (χ4v) is 3.15. The van der Waals surface area contributed by atoms with Gasteiger partial charge in [0.1, 0.15) is 10.8 Å². The van der Waals surface area contributed by atoms with Gasteiger partial charge in [-0.25, -0.2) is 9.50 Å². The Morgan fingerprint density at radius 3 is 2.70 bits per heavy atom. The van der Waals surface area contributed by atoms with Gasteiger partial charge in [0, 0.05) is 29.6 Å². The highest BCUT2D eigenvalue weighted by Crippen LogP contribution is 2.28. The van der Waals surface area contributed by atoms with E-state index >= 15 is 0 Å². The molecule has 2 heterocycles. The van der Waals surface area contributed by atoms with E-state index in [9.17, 15) is 14.9 Å². The van der Waals surface area contributed by atoms with E-state index < -0.39 is 10.9 Å². The van der Waals surface area contributed by atoms with Crippen LogP contribution in [0.15, 0.2) is 24.3 Å². The topological polar surface area (TPSA) is 99.6 Å². The van der Waals surface area contributed by atoms with Crippen LogP contribution in [0.4, 0.5) is 5.69 Å². The first-order chi connectivity index (χ1) is 12.8. The van der Waals surface area contributed by atoms with E-state index in [-0.39, 0.29) is 22.9 Å². The summed E-state index contributed by atoms with van der Waals surface area (Å²) in [4.78, 5) is 26.9. The van der Waals surface area contributed by atoms with E-state index in [1.165, 1.54) is 18.2 Å². The summed E-state index contributed by atoms with van der Waals surface area (Å²) in [6, 6.07) is 5.71. The zero-order valence-corrected chi connectivity index (χ0v) is 15.8. The van der Waals surface area contributed by atoms with Gasteiger partial charge in [-0.3, -0.25) is 14.9 Å². The molecule has 0 radical (unpaired) electrons. The van der Waals surface area contributed by atoms with Gasteiger partial charge >= 0.3 is 5.97 Å². The Hall–Kier alpha value is -3.00. The van der Waals surface area contributed by atoms with Gasteiger partial charge in [0.25, 0.3) is 5.69 Å². The predicted octanol–water partition coefficient (Wildman–Crippen LogP) is 3.75. The van der Waals surface area contributed by atoms with Crippen molar-refractivity contribution < 1.29 is 14.5 Å². The third kappa shape index (κ3) is 3.90. The monoisotopic (exact) mass is 388 g/mol. The number of nitrogens with zero attached hydrogens (tertiary/aromatic N) is 4.